The van der Waals surface area contributed by atoms with Crippen LogP contribution in [0.3, 0.4) is 0 Å². The van der Waals surface area contributed by atoms with Gasteiger partial charge in [-0.15, -0.1) is 0 Å². The molecule has 0 amide bonds. The zero-order chi connectivity index (χ0) is 16.2. The minimum Gasteiger partial charge on any atom is -0.312 e. The van der Waals surface area contributed by atoms with Gasteiger partial charge in [0.1, 0.15) is 0 Å². The molecule has 0 saturated heterocycles. The monoisotopic (exact) mass is 303 g/mol. The number of aryl methyl sites for hydroxylation is 2. The van der Waals surface area contributed by atoms with E-state index in [0.717, 1.165) is 12.1 Å². The van der Waals surface area contributed by atoms with Crippen molar-refractivity contribution in [2.75, 3.05) is 0 Å². The van der Waals surface area contributed by atoms with Crippen molar-refractivity contribution in [3.63, 3.8) is 0 Å². The highest BCUT2D eigenvalue weighted by atomic mass is 16.2. The highest BCUT2D eigenvalue weighted by Crippen LogP contribution is 2.19. The maximum absolute atomic E-state index is 12.7. The lowest BCUT2D eigenvalue weighted by Gasteiger charge is -2.09. The predicted molar refractivity (Wildman–Crippen MR) is 85.6 cm³/mol. The summed E-state index contributed by atoms with van der Waals surface area (Å²) < 4.78 is 6.62. The van der Waals surface area contributed by atoms with Crippen molar-refractivity contribution in [3.8, 4) is 0 Å². The summed E-state index contributed by atoms with van der Waals surface area (Å²) >= 11 is 0. The maximum atomic E-state index is 12.7. The molecule has 0 unspecified atom stereocenters. The molecule has 0 aliphatic carbocycles. The Bertz CT molecular complexity index is 984. The predicted octanol–water partition coefficient (Wildman–Crippen LogP) is 1.45. The van der Waals surface area contributed by atoms with Gasteiger partial charge < -0.3 is 4.57 Å². The first-order valence-electron chi connectivity index (χ1n) is 7.57. The van der Waals surface area contributed by atoms with E-state index < -0.39 is 0 Å². The van der Waals surface area contributed by atoms with E-state index in [0.29, 0.717) is 23.5 Å². The van der Waals surface area contributed by atoms with Crippen molar-refractivity contribution in [2.45, 2.75) is 46.7 Å². The van der Waals surface area contributed by atoms with E-state index in [9.17, 15) is 9.59 Å². The van der Waals surface area contributed by atoms with Crippen LogP contribution in [-0.2, 0) is 13.6 Å². The van der Waals surface area contributed by atoms with Crippen LogP contribution in [0.2, 0.25) is 0 Å². The summed E-state index contributed by atoms with van der Waals surface area (Å²) in [6, 6.07) is 0.226. The zero-order valence-electron chi connectivity index (χ0n) is 13.6. The first-order valence-corrected chi connectivity index (χ1v) is 7.57. The van der Waals surface area contributed by atoms with Crippen LogP contribution in [-0.4, -0.2) is 23.1 Å². The minimum atomic E-state index is -0.312. The van der Waals surface area contributed by atoms with E-state index in [4.69, 9.17) is 0 Å². The van der Waals surface area contributed by atoms with E-state index >= 15 is 0 Å². The van der Waals surface area contributed by atoms with E-state index in [-0.39, 0.29) is 17.3 Å². The molecule has 0 aliphatic rings. The number of fused-ring (bicyclic) bond motifs is 3. The second kappa shape index (κ2) is 4.86. The molecular formula is C15H21N5O2. The van der Waals surface area contributed by atoms with Gasteiger partial charge >= 0.3 is 5.69 Å². The van der Waals surface area contributed by atoms with Crippen molar-refractivity contribution >= 4 is 16.9 Å². The molecule has 118 valence electrons. The molecule has 0 saturated carbocycles. The van der Waals surface area contributed by atoms with E-state index in [1.165, 1.54) is 9.13 Å². The Morgan fingerprint density at radius 1 is 1.27 bits per heavy atom. The number of rotatable bonds is 3. The molecule has 22 heavy (non-hydrogen) atoms. The molecular weight excluding hydrogens is 282 g/mol. The lowest BCUT2D eigenvalue weighted by Crippen LogP contribution is -2.39. The zero-order valence-corrected chi connectivity index (χ0v) is 13.6. The highest BCUT2D eigenvalue weighted by molar-refractivity contribution is 5.75. The third-order valence-corrected chi connectivity index (χ3v) is 4.03. The summed E-state index contributed by atoms with van der Waals surface area (Å²) in [6.07, 6.45) is 2.64. The van der Waals surface area contributed by atoms with Gasteiger partial charge in [0.2, 0.25) is 5.78 Å². The number of hydrogen-bond donors (Lipinski definition) is 0. The van der Waals surface area contributed by atoms with Crippen LogP contribution in [0.1, 0.15) is 38.9 Å². The van der Waals surface area contributed by atoms with Gasteiger partial charge in [-0.05, 0) is 27.2 Å². The van der Waals surface area contributed by atoms with Gasteiger partial charge in [-0.3, -0.25) is 18.3 Å². The number of imidazole rings is 2. The standard InChI is InChI=1S/C15H21N5O2/c1-6-7-18-13(21)11-12(17(5)15(18)22)16-14-19(11)8-10(4)20(14)9(2)3/h8-9H,6-7H2,1-5H3. The fourth-order valence-corrected chi connectivity index (χ4v) is 3.09. The summed E-state index contributed by atoms with van der Waals surface area (Å²) in [5.74, 6) is 0.698. The van der Waals surface area contributed by atoms with E-state index in [2.05, 4.69) is 23.4 Å². The number of aromatic nitrogens is 5. The van der Waals surface area contributed by atoms with Crippen molar-refractivity contribution in [3.05, 3.63) is 32.7 Å². The van der Waals surface area contributed by atoms with Crippen LogP contribution in [0, 0.1) is 6.92 Å². The molecule has 0 fully saturated rings. The molecule has 0 aromatic carbocycles. The van der Waals surface area contributed by atoms with Gasteiger partial charge in [0.25, 0.3) is 5.56 Å². The van der Waals surface area contributed by atoms with Crippen LogP contribution in [0.5, 0.6) is 0 Å². The van der Waals surface area contributed by atoms with Gasteiger partial charge in [0.05, 0.1) is 0 Å². The van der Waals surface area contributed by atoms with Crippen molar-refractivity contribution in [1.82, 2.24) is 23.1 Å². The van der Waals surface area contributed by atoms with Crippen LogP contribution in [0.25, 0.3) is 16.9 Å². The van der Waals surface area contributed by atoms with E-state index in [1.807, 2.05) is 20.0 Å². The fraction of sp³-hybridized carbons (Fsp3) is 0.533. The molecule has 3 heterocycles. The lowest BCUT2D eigenvalue weighted by molar-refractivity contribution is 0.591. The first-order chi connectivity index (χ1) is 10.4. The molecule has 3 aromatic rings. The average Bonchev–Trinajstić information content (AvgIpc) is 2.95. The number of nitrogens with zero attached hydrogens (tertiary/aromatic N) is 5. The van der Waals surface area contributed by atoms with Gasteiger partial charge in [0, 0.05) is 31.5 Å². The van der Waals surface area contributed by atoms with Crippen LogP contribution < -0.4 is 11.2 Å². The molecule has 0 bridgehead atoms. The first kappa shape index (κ1) is 14.6. The van der Waals surface area contributed by atoms with Crippen LogP contribution in [0.4, 0.5) is 0 Å². The third kappa shape index (κ3) is 1.77. The Hall–Kier alpha value is -2.31. The molecule has 0 atom stereocenters. The Labute approximate surface area is 127 Å². The van der Waals surface area contributed by atoms with Gasteiger partial charge in [0.15, 0.2) is 11.2 Å². The Kier molecular flexibility index (Phi) is 3.23. The minimum absolute atomic E-state index is 0.226. The maximum Gasteiger partial charge on any atom is 0.332 e. The van der Waals surface area contributed by atoms with Crippen LogP contribution >= 0.6 is 0 Å². The quantitative estimate of drug-likeness (QED) is 0.735. The normalized spacial score (nSPS) is 12.1. The summed E-state index contributed by atoms with van der Waals surface area (Å²) in [5, 5.41) is 0. The van der Waals surface area contributed by atoms with Crippen molar-refractivity contribution < 1.29 is 0 Å². The molecule has 0 aliphatic heterocycles. The van der Waals surface area contributed by atoms with Crippen molar-refractivity contribution in [1.29, 1.82) is 0 Å². The Balaban J connectivity index is 2.55. The Morgan fingerprint density at radius 3 is 2.55 bits per heavy atom. The SMILES string of the molecule is CCCn1c(=O)c2c(nc3n(C(C)C)c(C)cn23)n(C)c1=O. The second-order valence-corrected chi connectivity index (χ2v) is 5.99. The molecule has 7 heteroatoms. The highest BCUT2D eigenvalue weighted by Gasteiger charge is 2.20. The lowest BCUT2D eigenvalue weighted by atomic mass is 10.3. The molecule has 7 nitrogen and oxygen atoms in total. The largest absolute Gasteiger partial charge is 0.332 e. The van der Waals surface area contributed by atoms with Gasteiger partial charge in [-0.1, -0.05) is 6.92 Å². The summed E-state index contributed by atoms with van der Waals surface area (Å²) in [4.78, 5) is 29.6. The molecule has 0 spiro atoms. The van der Waals surface area contributed by atoms with Gasteiger partial charge in [-0.2, -0.15) is 4.98 Å². The summed E-state index contributed by atoms with van der Waals surface area (Å²) in [7, 11) is 1.66. The molecule has 3 rings (SSSR count). The van der Waals surface area contributed by atoms with Gasteiger partial charge in [-0.25, -0.2) is 4.79 Å². The van der Waals surface area contributed by atoms with Crippen LogP contribution in [0.15, 0.2) is 15.8 Å². The second-order valence-electron chi connectivity index (χ2n) is 5.99. The van der Waals surface area contributed by atoms with Crippen molar-refractivity contribution in [2.24, 2.45) is 7.05 Å². The smallest absolute Gasteiger partial charge is 0.312 e. The third-order valence-electron chi connectivity index (χ3n) is 4.03. The number of hydrogen-bond acceptors (Lipinski definition) is 3. The Morgan fingerprint density at radius 2 is 1.95 bits per heavy atom. The average molecular weight is 303 g/mol. The summed E-state index contributed by atoms with van der Waals surface area (Å²) in [6.45, 7) is 8.49. The summed E-state index contributed by atoms with van der Waals surface area (Å²) in [5.41, 5.74) is 1.36. The fourth-order valence-electron chi connectivity index (χ4n) is 3.09. The molecule has 3 aromatic heterocycles. The van der Waals surface area contributed by atoms with E-state index in [1.54, 1.807) is 11.4 Å². The topological polar surface area (TPSA) is 66.2 Å². The molecule has 0 radical (unpaired) electrons. The molecule has 0 N–H and O–H groups in total.